The molecule has 4 nitrogen and oxygen atoms in total. The number of aromatic nitrogens is 3. The smallest absolute Gasteiger partial charge is 0.141 e. The Morgan fingerprint density at radius 2 is 2.17 bits per heavy atom. The SMILES string of the molecule is Cc1cc(CC(C)(O)c2ccc(F)cn2)n(C)n1. The number of pyridine rings is 1. The van der Waals surface area contributed by atoms with E-state index in [0.29, 0.717) is 12.1 Å². The molecule has 0 saturated heterocycles. The lowest BCUT2D eigenvalue weighted by atomic mass is 9.95. The minimum atomic E-state index is -1.14. The summed E-state index contributed by atoms with van der Waals surface area (Å²) >= 11 is 0. The van der Waals surface area contributed by atoms with Gasteiger partial charge in [-0.1, -0.05) is 0 Å². The zero-order chi connectivity index (χ0) is 13.3. The van der Waals surface area contributed by atoms with Gasteiger partial charge in [0, 0.05) is 19.2 Å². The molecule has 2 rings (SSSR count). The van der Waals surface area contributed by atoms with E-state index in [1.54, 1.807) is 11.6 Å². The molecule has 0 fully saturated rings. The summed E-state index contributed by atoms with van der Waals surface area (Å²) in [5.41, 5.74) is 1.11. The Labute approximate surface area is 105 Å². The third kappa shape index (κ3) is 2.56. The molecule has 2 aromatic rings. The van der Waals surface area contributed by atoms with Crippen LogP contribution in [-0.4, -0.2) is 19.9 Å². The topological polar surface area (TPSA) is 50.9 Å². The zero-order valence-corrected chi connectivity index (χ0v) is 10.7. The van der Waals surface area contributed by atoms with Crippen molar-refractivity contribution in [1.29, 1.82) is 0 Å². The maximum Gasteiger partial charge on any atom is 0.141 e. The van der Waals surface area contributed by atoms with Crippen molar-refractivity contribution >= 4 is 0 Å². The van der Waals surface area contributed by atoms with Gasteiger partial charge < -0.3 is 5.11 Å². The van der Waals surface area contributed by atoms with Crippen LogP contribution in [0, 0.1) is 12.7 Å². The molecule has 0 aliphatic carbocycles. The van der Waals surface area contributed by atoms with Crippen LogP contribution < -0.4 is 0 Å². The van der Waals surface area contributed by atoms with Gasteiger partial charge in [0.2, 0.25) is 0 Å². The lowest BCUT2D eigenvalue weighted by molar-refractivity contribution is 0.0509. The second-order valence-electron chi connectivity index (χ2n) is 4.71. The molecule has 18 heavy (non-hydrogen) atoms. The van der Waals surface area contributed by atoms with Gasteiger partial charge in [-0.2, -0.15) is 5.10 Å². The summed E-state index contributed by atoms with van der Waals surface area (Å²) in [6.45, 7) is 3.56. The van der Waals surface area contributed by atoms with Gasteiger partial charge >= 0.3 is 0 Å². The second-order valence-corrected chi connectivity index (χ2v) is 4.71. The van der Waals surface area contributed by atoms with Crippen LogP contribution >= 0.6 is 0 Å². The van der Waals surface area contributed by atoms with Gasteiger partial charge in [-0.05, 0) is 32.0 Å². The predicted octanol–water partition coefficient (Wildman–Crippen LogP) is 1.71. The van der Waals surface area contributed by atoms with Gasteiger partial charge in [0.1, 0.15) is 11.4 Å². The number of rotatable bonds is 3. The van der Waals surface area contributed by atoms with E-state index in [4.69, 9.17) is 0 Å². The minimum Gasteiger partial charge on any atom is -0.383 e. The number of nitrogens with zero attached hydrogens (tertiary/aromatic N) is 3. The number of aryl methyl sites for hydroxylation is 2. The fraction of sp³-hybridized carbons (Fsp3) is 0.385. The van der Waals surface area contributed by atoms with Gasteiger partial charge in [-0.3, -0.25) is 9.67 Å². The van der Waals surface area contributed by atoms with Crippen molar-refractivity contribution in [3.05, 3.63) is 47.3 Å². The standard InChI is InChI=1S/C13H16FN3O/c1-9-6-11(17(3)16-9)7-13(2,18)12-5-4-10(14)8-15-12/h4-6,8,18H,7H2,1-3H3. The van der Waals surface area contributed by atoms with Gasteiger partial charge in [-0.25, -0.2) is 4.39 Å². The highest BCUT2D eigenvalue weighted by atomic mass is 19.1. The predicted molar refractivity (Wildman–Crippen MR) is 65.4 cm³/mol. The summed E-state index contributed by atoms with van der Waals surface area (Å²) in [5, 5.41) is 14.7. The molecule has 0 amide bonds. The number of hydrogen-bond acceptors (Lipinski definition) is 3. The molecule has 0 aliphatic rings. The fourth-order valence-electron chi connectivity index (χ4n) is 1.97. The molecule has 2 heterocycles. The lowest BCUT2D eigenvalue weighted by Crippen LogP contribution is -2.26. The summed E-state index contributed by atoms with van der Waals surface area (Å²) < 4.78 is 14.5. The van der Waals surface area contributed by atoms with Gasteiger partial charge in [0.15, 0.2) is 0 Å². The lowest BCUT2D eigenvalue weighted by Gasteiger charge is -2.22. The van der Waals surface area contributed by atoms with Crippen LogP contribution in [0.1, 0.15) is 24.0 Å². The molecule has 0 aliphatic heterocycles. The maximum absolute atomic E-state index is 12.8. The molecule has 5 heteroatoms. The van der Waals surface area contributed by atoms with E-state index in [-0.39, 0.29) is 0 Å². The first-order valence-corrected chi connectivity index (χ1v) is 5.72. The van der Waals surface area contributed by atoms with Crippen LogP contribution in [0.15, 0.2) is 24.4 Å². The van der Waals surface area contributed by atoms with E-state index in [1.807, 2.05) is 20.0 Å². The van der Waals surface area contributed by atoms with Crippen molar-refractivity contribution in [2.45, 2.75) is 25.9 Å². The Bertz CT molecular complexity index is 546. The van der Waals surface area contributed by atoms with Crippen molar-refractivity contribution in [1.82, 2.24) is 14.8 Å². The Balaban J connectivity index is 2.26. The van der Waals surface area contributed by atoms with Crippen LogP contribution in [0.2, 0.25) is 0 Å². The van der Waals surface area contributed by atoms with E-state index in [1.165, 1.54) is 12.1 Å². The van der Waals surface area contributed by atoms with Crippen LogP contribution in [0.5, 0.6) is 0 Å². The molecule has 1 atom stereocenters. The Kier molecular flexibility index (Phi) is 3.17. The van der Waals surface area contributed by atoms with Crippen molar-refractivity contribution in [2.75, 3.05) is 0 Å². The average molecular weight is 249 g/mol. The minimum absolute atomic E-state index is 0.378. The first kappa shape index (κ1) is 12.7. The maximum atomic E-state index is 12.8. The highest BCUT2D eigenvalue weighted by molar-refractivity contribution is 5.18. The van der Waals surface area contributed by atoms with Crippen LogP contribution in [0.4, 0.5) is 4.39 Å². The summed E-state index contributed by atoms with van der Waals surface area (Å²) in [6.07, 6.45) is 1.49. The molecular formula is C13H16FN3O. The van der Waals surface area contributed by atoms with Gasteiger partial charge in [-0.15, -0.1) is 0 Å². The summed E-state index contributed by atoms with van der Waals surface area (Å²) in [7, 11) is 1.83. The van der Waals surface area contributed by atoms with Crippen molar-refractivity contribution in [3.8, 4) is 0 Å². The highest BCUT2D eigenvalue weighted by Gasteiger charge is 2.26. The van der Waals surface area contributed by atoms with E-state index < -0.39 is 11.4 Å². The van der Waals surface area contributed by atoms with E-state index in [2.05, 4.69) is 10.1 Å². The average Bonchev–Trinajstić information content (AvgIpc) is 2.57. The molecule has 0 spiro atoms. The fourth-order valence-corrected chi connectivity index (χ4v) is 1.97. The molecule has 0 saturated carbocycles. The largest absolute Gasteiger partial charge is 0.383 e. The van der Waals surface area contributed by atoms with E-state index in [0.717, 1.165) is 17.6 Å². The quantitative estimate of drug-likeness (QED) is 0.901. The number of halogens is 1. The first-order chi connectivity index (χ1) is 8.38. The van der Waals surface area contributed by atoms with Crippen LogP contribution in [0.25, 0.3) is 0 Å². The zero-order valence-electron chi connectivity index (χ0n) is 10.7. The van der Waals surface area contributed by atoms with E-state index in [9.17, 15) is 9.50 Å². The molecule has 2 aromatic heterocycles. The molecule has 1 unspecified atom stereocenters. The second kappa shape index (κ2) is 4.49. The molecular weight excluding hydrogens is 233 g/mol. The van der Waals surface area contributed by atoms with Crippen LogP contribution in [-0.2, 0) is 19.1 Å². The molecule has 1 N–H and O–H groups in total. The normalized spacial score (nSPS) is 14.5. The Morgan fingerprint density at radius 3 is 2.67 bits per heavy atom. The Hall–Kier alpha value is -1.75. The monoisotopic (exact) mass is 249 g/mol. The number of aliphatic hydroxyl groups is 1. The molecule has 96 valence electrons. The third-order valence-corrected chi connectivity index (χ3v) is 2.90. The van der Waals surface area contributed by atoms with Crippen molar-refractivity contribution in [2.24, 2.45) is 7.05 Å². The molecule has 0 bridgehead atoms. The van der Waals surface area contributed by atoms with Crippen LogP contribution in [0.3, 0.4) is 0 Å². The highest BCUT2D eigenvalue weighted by Crippen LogP contribution is 2.23. The third-order valence-electron chi connectivity index (χ3n) is 2.90. The molecule has 0 aromatic carbocycles. The Morgan fingerprint density at radius 1 is 1.44 bits per heavy atom. The van der Waals surface area contributed by atoms with E-state index >= 15 is 0 Å². The number of hydrogen-bond donors (Lipinski definition) is 1. The summed E-state index contributed by atoms with van der Waals surface area (Å²) in [4.78, 5) is 3.93. The molecule has 0 radical (unpaired) electrons. The van der Waals surface area contributed by atoms with Gasteiger partial charge in [0.25, 0.3) is 0 Å². The van der Waals surface area contributed by atoms with Crippen molar-refractivity contribution in [3.63, 3.8) is 0 Å². The summed E-state index contributed by atoms with van der Waals surface area (Å²) in [6, 6.07) is 4.71. The first-order valence-electron chi connectivity index (χ1n) is 5.72. The summed E-state index contributed by atoms with van der Waals surface area (Å²) in [5.74, 6) is -0.411. The van der Waals surface area contributed by atoms with Crippen molar-refractivity contribution < 1.29 is 9.50 Å². The van der Waals surface area contributed by atoms with Gasteiger partial charge in [0.05, 0.1) is 17.6 Å².